The number of halogens is 4. The lowest BCUT2D eigenvalue weighted by Crippen LogP contribution is -2.07. The fourth-order valence-electron chi connectivity index (χ4n) is 1.48. The number of anilines is 1. The zero-order chi connectivity index (χ0) is 13.3. The fourth-order valence-corrected chi connectivity index (χ4v) is 1.61. The van der Waals surface area contributed by atoms with Crippen molar-refractivity contribution >= 4 is 17.4 Å². The Labute approximate surface area is 106 Å². The van der Waals surface area contributed by atoms with Gasteiger partial charge in [0.05, 0.1) is 11.3 Å². The molecule has 2 rings (SSSR count). The molecule has 0 atom stereocenters. The zero-order valence-electron chi connectivity index (χ0n) is 9.00. The molecule has 2 N–H and O–H groups in total. The van der Waals surface area contributed by atoms with Gasteiger partial charge in [-0.25, -0.2) is 4.98 Å². The molecule has 0 saturated heterocycles. The first kappa shape index (κ1) is 12.7. The van der Waals surface area contributed by atoms with E-state index in [1.54, 1.807) is 24.3 Å². The lowest BCUT2D eigenvalue weighted by Gasteiger charge is -2.09. The second-order valence-electron chi connectivity index (χ2n) is 3.67. The van der Waals surface area contributed by atoms with E-state index in [0.717, 1.165) is 12.1 Å². The summed E-state index contributed by atoms with van der Waals surface area (Å²) in [6.07, 6.45) is -4.45. The number of rotatable bonds is 1. The van der Waals surface area contributed by atoms with E-state index in [1.807, 2.05) is 0 Å². The summed E-state index contributed by atoms with van der Waals surface area (Å²) < 4.78 is 37.9. The maximum absolute atomic E-state index is 12.6. The fraction of sp³-hybridized carbons (Fsp3) is 0.0833. The molecule has 0 bridgehead atoms. The Balaban J connectivity index is 2.52. The van der Waals surface area contributed by atoms with Gasteiger partial charge in [-0.05, 0) is 24.3 Å². The number of hydrogen-bond acceptors (Lipinski definition) is 2. The SMILES string of the molecule is Nc1cc(C(F)(F)F)cc(-c2ccc(Cl)cc2)n1. The van der Waals surface area contributed by atoms with Crippen LogP contribution in [0.1, 0.15) is 5.56 Å². The van der Waals surface area contributed by atoms with Crippen LogP contribution in [-0.4, -0.2) is 4.98 Å². The molecule has 0 unspecified atom stereocenters. The minimum atomic E-state index is -4.45. The first-order valence-electron chi connectivity index (χ1n) is 4.97. The molecule has 0 saturated carbocycles. The highest BCUT2D eigenvalue weighted by Gasteiger charge is 2.31. The van der Waals surface area contributed by atoms with E-state index in [2.05, 4.69) is 4.98 Å². The Hall–Kier alpha value is -1.75. The molecule has 0 aliphatic rings. The third-order valence-corrected chi connectivity index (χ3v) is 2.56. The molecule has 0 aliphatic carbocycles. The van der Waals surface area contributed by atoms with Crippen LogP contribution >= 0.6 is 11.6 Å². The van der Waals surface area contributed by atoms with Crippen LogP contribution in [0.4, 0.5) is 19.0 Å². The highest BCUT2D eigenvalue weighted by molar-refractivity contribution is 6.30. The Morgan fingerprint density at radius 2 is 1.67 bits per heavy atom. The number of nitrogens with zero attached hydrogens (tertiary/aromatic N) is 1. The molecule has 6 heteroatoms. The first-order valence-corrected chi connectivity index (χ1v) is 5.35. The van der Waals surface area contributed by atoms with Gasteiger partial charge >= 0.3 is 6.18 Å². The molecule has 0 fully saturated rings. The number of benzene rings is 1. The third kappa shape index (κ3) is 2.73. The number of aromatic nitrogens is 1. The number of alkyl halides is 3. The van der Waals surface area contributed by atoms with Crippen molar-refractivity contribution in [3.8, 4) is 11.3 Å². The highest BCUT2D eigenvalue weighted by Crippen LogP contribution is 2.32. The Bertz CT molecular complexity index is 565. The summed E-state index contributed by atoms with van der Waals surface area (Å²) in [5.74, 6) is -0.172. The van der Waals surface area contributed by atoms with Crippen LogP contribution in [0.3, 0.4) is 0 Å². The van der Waals surface area contributed by atoms with E-state index in [4.69, 9.17) is 17.3 Å². The summed E-state index contributed by atoms with van der Waals surface area (Å²) in [6, 6.07) is 8.09. The number of pyridine rings is 1. The second-order valence-corrected chi connectivity index (χ2v) is 4.11. The number of nitrogens with two attached hydrogens (primary N) is 1. The van der Waals surface area contributed by atoms with Gasteiger partial charge in [-0.1, -0.05) is 23.7 Å². The van der Waals surface area contributed by atoms with Gasteiger partial charge in [-0.15, -0.1) is 0 Å². The predicted molar refractivity (Wildman–Crippen MR) is 64.1 cm³/mol. The van der Waals surface area contributed by atoms with Crippen molar-refractivity contribution in [2.45, 2.75) is 6.18 Å². The Kier molecular flexibility index (Phi) is 3.17. The maximum atomic E-state index is 12.6. The van der Waals surface area contributed by atoms with Crippen molar-refractivity contribution in [3.05, 3.63) is 47.0 Å². The monoisotopic (exact) mass is 272 g/mol. The molecule has 2 nitrogen and oxygen atoms in total. The lowest BCUT2D eigenvalue weighted by atomic mass is 10.1. The van der Waals surface area contributed by atoms with Gasteiger partial charge in [0.15, 0.2) is 0 Å². The largest absolute Gasteiger partial charge is 0.416 e. The summed E-state index contributed by atoms with van der Waals surface area (Å²) in [7, 11) is 0. The molecule has 0 amide bonds. The van der Waals surface area contributed by atoms with Gasteiger partial charge in [0.1, 0.15) is 5.82 Å². The van der Waals surface area contributed by atoms with Crippen LogP contribution in [0.2, 0.25) is 5.02 Å². The average molecular weight is 273 g/mol. The van der Waals surface area contributed by atoms with E-state index in [-0.39, 0.29) is 11.5 Å². The molecule has 2 aromatic rings. The molecule has 1 heterocycles. The van der Waals surface area contributed by atoms with E-state index in [0.29, 0.717) is 10.6 Å². The van der Waals surface area contributed by atoms with Crippen molar-refractivity contribution in [1.29, 1.82) is 0 Å². The van der Waals surface area contributed by atoms with Crippen LogP contribution in [0.5, 0.6) is 0 Å². The molecule has 94 valence electrons. The molecular formula is C12H8ClF3N2. The number of hydrogen-bond donors (Lipinski definition) is 1. The molecule has 0 spiro atoms. The van der Waals surface area contributed by atoms with E-state index in [1.165, 1.54) is 0 Å². The van der Waals surface area contributed by atoms with Gasteiger partial charge < -0.3 is 5.73 Å². The van der Waals surface area contributed by atoms with Gasteiger partial charge in [0.25, 0.3) is 0 Å². The first-order chi connectivity index (χ1) is 8.36. The van der Waals surface area contributed by atoms with Crippen LogP contribution in [0, 0.1) is 0 Å². The predicted octanol–water partition coefficient (Wildman–Crippen LogP) is 4.00. The van der Waals surface area contributed by atoms with Crippen molar-refractivity contribution in [2.24, 2.45) is 0 Å². The molecule has 18 heavy (non-hydrogen) atoms. The van der Waals surface area contributed by atoms with Crippen molar-refractivity contribution in [2.75, 3.05) is 5.73 Å². The molecule has 0 aliphatic heterocycles. The summed E-state index contributed by atoms with van der Waals surface area (Å²) in [5.41, 5.74) is 5.26. The van der Waals surface area contributed by atoms with Gasteiger partial charge in [-0.2, -0.15) is 13.2 Å². The van der Waals surface area contributed by atoms with E-state index >= 15 is 0 Å². The minimum absolute atomic E-state index is 0.166. The van der Waals surface area contributed by atoms with Gasteiger partial charge in [-0.3, -0.25) is 0 Å². The van der Waals surface area contributed by atoms with Crippen LogP contribution in [0.25, 0.3) is 11.3 Å². The smallest absolute Gasteiger partial charge is 0.384 e. The summed E-state index contributed by atoms with van der Waals surface area (Å²) in [5, 5.41) is 0.499. The van der Waals surface area contributed by atoms with Gasteiger partial charge in [0.2, 0.25) is 0 Å². The van der Waals surface area contributed by atoms with Crippen molar-refractivity contribution in [1.82, 2.24) is 4.98 Å². The standard InChI is InChI=1S/C12H8ClF3N2/c13-9-3-1-7(2-4-9)10-5-8(12(14,15)16)6-11(17)18-10/h1-6H,(H2,17,18). The molecule has 1 aromatic carbocycles. The van der Waals surface area contributed by atoms with Crippen molar-refractivity contribution in [3.63, 3.8) is 0 Å². The molecule has 1 aromatic heterocycles. The van der Waals surface area contributed by atoms with Gasteiger partial charge in [0, 0.05) is 10.6 Å². The van der Waals surface area contributed by atoms with Crippen LogP contribution < -0.4 is 5.73 Å². The topological polar surface area (TPSA) is 38.9 Å². The van der Waals surface area contributed by atoms with Crippen molar-refractivity contribution < 1.29 is 13.2 Å². The molecular weight excluding hydrogens is 265 g/mol. The lowest BCUT2D eigenvalue weighted by molar-refractivity contribution is -0.137. The van der Waals surface area contributed by atoms with Crippen LogP contribution in [0.15, 0.2) is 36.4 Å². The maximum Gasteiger partial charge on any atom is 0.416 e. The normalized spacial score (nSPS) is 11.6. The average Bonchev–Trinajstić information content (AvgIpc) is 2.28. The summed E-state index contributed by atoms with van der Waals surface area (Å²) in [6.45, 7) is 0. The highest BCUT2D eigenvalue weighted by atomic mass is 35.5. The second kappa shape index (κ2) is 4.49. The minimum Gasteiger partial charge on any atom is -0.384 e. The third-order valence-electron chi connectivity index (χ3n) is 2.31. The van der Waals surface area contributed by atoms with E-state index < -0.39 is 11.7 Å². The quantitative estimate of drug-likeness (QED) is 0.852. The summed E-state index contributed by atoms with van der Waals surface area (Å²) >= 11 is 5.71. The number of nitrogen functional groups attached to an aromatic ring is 1. The Morgan fingerprint density at radius 3 is 2.22 bits per heavy atom. The summed E-state index contributed by atoms with van der Waals surface area (Å²) in [4.78, 5) is 3.88. The molecule has 0 radical (unpaired) electrons. The van der Waals surface area contributed by atoms with E-state index in [9.17, 15) is 13.2 Å². The van der Waals surface area contributed by atoms with Crippen LogP contribution in [-0.2, 0) is 6.18 Å². The zero-order valence-corrected chi connectivity index (χ0v) is 9.76. The Morgan fingerprint density at radius 1 is 1.06 bits per heavy atom.